The molecule has 2 aliphatic rings. The number of H-pyrrole nitrogens is 1. The first-order valence-corrected chi connectivity index (χ1v) is 8.06. The molecule has 0 aromatic carbocycles. The Morgan fingerprint density at radius 2 is 1.90 bits per heavy atom. The zero-order chi connectivity index (χ0) is 15.0. The van der Waals surface area contributed by atoms with Crippen LogP contribution in [0.1, 0.15) is 62.5 Å². The van der Waals surface area contributed by atoms with Crippen molar-refractivity contribution >= 4 is 11.6 Å². The van der Waals surface area contributed by atoms with Crippen molar-refractivity contribution < 1.29 is 4.74 Å². The van der Waals surface area contributed by atoms with Crippen LogP contribution in [0.5, 0.6) is 0 Å². The molecular weight excluding hydrogens is 292 g/mol. The van der Waals surface area contributed by atoms with Crippen molar-refractivity contribution in [3.8, 4) is 0 Å². The van der Waals surface area contributed by atoms with Gasteiger partial charge < -0.3 is 4.74 Å². The molecule has 0 saturated heterocycles. The van der Waals surface area contributed by atoms with Gasteiger partial charge in [0.2, 0.25) is 0 Å². The molecule has 0 spiro atoms. The van der Waals surface area contributed by atoms with Crippen molar-refractivity contribution in [2.75, 3.05) is 7.11 Å². The van der Waals surface area contributed by atoms with E-state index in [0.717, 1.165) is 38.5 Å². The second-order valence-electron chi connectivity index (χ2n) is 6.14. The Balaban J connectivity index is 2.03. The Morgan fingerprint density at radius 1 is 1.19 bits per heavy atom. The maximum atomic E-state index is 12.8. The predicted octanol–water partition coefficient (Wildman–Crippen LogP) is 2.59. The average Bonchev–Trinajstić information content (AvgIpc) is 3.09. The van der Waals surface area contributed by atoms with Crippen molar-refractivity contribution in [2.45, 2.75) is 63.0 Å². The third kappa shape index (κ3) is 2.69. The Kier molecular flexibility index (Phi) is 4.22. The highest BCUT2D eigenvalue weighted by Crippen LogP contribution is 2.35. The normalized spacial score (nSPS) is 26.6. The van der Waals surface area contributed by atoms with Crippen molar-refractivity contribution in [3.05, 3.63) is 31.6 Å². The number of methoxy groups -OCH3 is 1. The molecule has 6 heteroatoms. The summed E-state index contributed by atoms with van der Waals surface area (Å²) in [6.07, 6.45) is 6.72. The average molecular weight is 313 g/mol. The number of hydrogen-bond acceptors (Lipinski definition) is 3. The number of hydrogen-bond donors (Lipinski definition) is 1. The van der Waals surface area contributed by atoms with Crippen molar-refractivity contribution in [3.63, 3.8) is 0 Å². The first-order valence-electron chi connectivity index (χ1n) is 7.68. The van der Waals surface area contributed by atoms with E-state index in [0.29, 0.717) is 12.0 Å². The van der Waals surface area contributed by atoms with Crippen LogP contribution >= 0.6 is 11.6 Å². The van der Waals surface area contributed by atoms with Crippen LogP contribution in [0.3, 0.4) is 0 Å². The molecule has 1 heterocycles. The number of nitrogens with zero attached hydrogens (tertiary/aromatic N) is 1. The molecule has 1 aromatic rings. The summed E-state index contributed by atoms with van der Waals surface area (Å²) >= 11 is 6.16. The summed E-state index contributed by atoms with van der Waals surface area (Å²) in [6.45, 7) is 0. The van der Waals surface area contributed by atoms with Gasteiger partial charge in [-0.1, -0.05) is 24.4 Å². The highest BCUT2D eigenvalue weighted by atomic mass is 35.5. The van der Waals surface area contributed by atoms with Gasteiger partial charge in [0, 0.05) is 13.2 Å². The van der Waals surface area contributed by atoms with E-state index in [1.54, 1.807) is 7.11 Å². The van der Waals surface area contributed by atoms with Crippen LogP contribution < -0.4 is 11.2 Å². The molecule has 2 fully saturated rings. The van der Waals surface area contributed by atoms with Gasteiger partial charge in [0.1, 0.15) is 5.15 Å². The summed E-state index contributed by atoms with van der Waals surface area (Å²) in [6, 6.07) is -0.0800. The maximum absolute atomic E-state index is 12.8. The van der Waals surface area contributed by atoms with Gasteiger partial charge in [-0.25, -0.2) is 4.79 Å². The zero-order valence-corrected chi connectivity index (χ0v) is 13.0. The van der Waals surface area contributed by atoms with Gasteiger partial charge in [0.05, 0.1) is 11.7 Å². The SMILES string of the molecule is COC1CCC(n2c(=O)[nH]c(Cl)c(C3CCCC3)c2=O)C1. The topological polar surface area (TPSA) is 64.1 Å². The van der Waals surface area contributed by atoms with Gasteiger partial charge >= 0.3 is 5.69 Å². The fourth-order valence-electron chi connectivity index (χ4n) is 3.80. The van der Waals surface area contributed by atoms with Crippen molar-refractivity contribution in [1.29, 1.82) is 0 Å². The lowest BCUT2D eigenvalue weighted by atomic mass is 10.0. The molecule has 3 rings (SSSR count). The Labute approximate surface area is 128 Å². The Bertz CT molecular complexity index is 631. The molecule has 2 saturated carbocycles. The van der Waals surface area contributed by atoms with E-state index < -0.39 is 5.69 Å². The van der Waals surface area contributed by atoms with Crippen LogP contribution in [-0.4, -0.2) is 22.8 Å². The zero-order valence-electron chi connectivity index (χ0n) is 12.2. The third-order valence-electron chi connectivity index (χ3n) is 4.94. The van der Waals surface area contributed by atoms with Crippen LogP contribution in [-0.2, 0) is 4.74 Å². The number of aromatic amines is 1. The van der Waals surface area contributed by atoms with E-state index in [4.69, 9.17) is 16.3 Å². The molecule has 2 unspecified atom stereocenters. The number of ether oxygens (including phenoxy) is 1. The van der Waals surface area contributed by atoms with Gasteiger partial charge in [-0.2, -0.15) is 0 Å². The number of nitrogens with one attached hydrogen (secondary N) is 1. The molecule has 2 atom stereocenters. The lowest BCUT2D eigenvalue weighted by Crippen LogP contribution is -2.40. The van der Waals surface area contributed by atoms with E-state index in [-0.39, 0.29) is 28.8 Å². The summed E-state index contributed by atoms with van der Waals surface area (Å²) in [5, 5.41) is 0.231. The van der Waals surface area contributed by atoms with E-state index in [2.05, 4.69) is 4.98 Å². The van der Waals surface area contributed by atoms with Crippen LogP contribution in [0, 0.1) is 0 Å². The largest absolute Gasteiger partial charge is 0.381 e. The quantitative estimate of drug-likeness (QED) is 0.873. The minimum Gasteiger partial charge on any atom is -0.381 e. The monoisotopic (exact) mass is 312 g/mol. The van der Waals surface area contributed by atoms with Crippen LogP contribution in [0.25, 0.3) is 0 Å². The van der Waals surface area contributed by atoms with Gasteiger partial charge in [-0.05, 0) is 38.0 Å². The van der Waals surface area contributed by atoms with E-state index in [1.165, 1.54) is 4.57 Å². The van der Waals surface area contributed by atoms with Crippen LogP contribution in [0.2, 0.25) is 5.15 Å². The molecule has 0 aliphatic heterocycles. The molecule has 0 amide bonds. The lowest BCUT2D eigenvalue weighted by Gasteiger charge is -2.17. The summed E-state index contributed by atoms with van der Waals surface area (Å²) in [4.78, 5) is 27.7. The summed E-state index contributed by atoms with van der Waals surface area (Å²) in [7, 11) is 1.67. The number of rotatable bonds is 3. The summed E-state index contributed by atoms with van der Waals surface area (Å²) in [5.74, 6) is 0.188. The van der Waals surface area contributed by atoms with E-state index >= 15 is 0 Å². The molecular formula is C15H21ClN2O3. The second kappa shape index (κ2) is 5.97. The van der Waals surface area contributed by atoms with E-state index in [9.17, 15) is 9.59 Å². The van der Waals surface area contributed by atoms with E-state index in [1.807, 2.05) is 0 Å². The van der Waals surface area contributed by atoms with Crippen LogP contribution in [0.4, 0.5) is 0 Å². The van der Waals surface area contributed by atoms with Gasteiger partial charge in [0.15, 0.2) is 0 Å². The smallest absolute Gasteiger partial charge is 0.329 e. The summed E-state index contributed by atoms with van der Waals surface area (Å²) < 4.78 is 6.72. The lowest BCUT2D eigenvalue weighted by molar-refractivity contribution is 0.105. The standard InChI is InChI=1S/C15H21ClN2O3/c1-21-11-7-6-10(8-11)18-14(19)12(9-4-2-3-5-9)13(16)17-15(18)20/h9-11H,2-8H2,1H3,(H,17,20). The maximum Gasteiger partial charge on any atom is 0.329 e. The minimum atomic E-state index is -0.395. The first kappa shape index (κ1) is 14.9. The highest BCUT2D eigenvalue weighted by Gasteiger charge is 2.31. The summed E-state index contributed by atoms with van der Waals surface area (Å²) in [5.41, 5.74) is 0.0144. The number of aromatic nitrogens is 2. The third-order valence-corrected chi connectivity index (χ3v) is 5.24. The molecule has 1 aromatic heterocycles. The molecule has 2 aliphatic carbocycles. The van der Waals surface area contributed by atoms with Gasteiger partial charge in [-0.3, -0.25) is 14.3 Å². The molecule has 0 radical (unpaired) electrons. The fourth-order valence-corrected chi connectivity index (χ4v) is 4.12. The molecule has 0 bridgehead atoms. The predicted molar refractivity (Wildman–Crippen MR) is 81.2 cm³/mol. The Morgan fingerprint density at radius 3 is 2.52 bits per heavy atom. The van der Waals surface area contributed by atoms with Crippen LogP contribution in [0.15, 0.2) is 9.59 Å². The van der Waals surface area contributed by atoms with Gasteiger partial charge in [0.25, 0.3) is 5.56 Å². The highest BCUT2D eigenvalue weighted by molar-refractivity contribution is 6.30. The van der Waals surface area contributed by atoms with Crippen molar-refractivity contribution in [1.82, 2.24) is 9.55 Å². The van der Waals surface area contributed by atoms with Crippen molar-refractivity contribution in [2.24, 2.45) is 0 Å². The molecule has 116 valence electrons. The van der Waals surface area contributed by atoms with Gasteiger partial charge in [-0.15, -0.1) is 0 Å². The number of halogens is 1. The fraction of sp³-hybridized carbons (Fsp3) is 0.733. The molecule has 21 heavy (non-hydrogen) atoms. The second-order valence-corrected chi connectivity index (χ2v) is 6.52. The molecule has 1 N–H and O–H groups in total. The first-order chi connectivity index (χ1) is 10.1. The Hall–Kier alpha value is -1.07. The molecule has 5 nitrogen and oxygen atoms in total. The minimum absolute atomic E-state index is 0.0800.